The smallest absolute Gasteiger partial charge is 0.0923 e. The zero-order chi connectivity index (χ0) is 12.4. The number of hydrogen-bond acceptors (Lipinski definition) is 4. The maximum atomic E-state index is 10.6. The fourth-order valence-electron chi connectivity index (χ4n) is 2.27. The van der Waals surface area contributed by atoms with Crippen molar-refractivity contribution in [3.8, 4) is 0 Å². The number of benzene rings is 1. The quantitative estimate of drug-likeness (QED) is 0.914. The molecule has 2 nitrogen and oxygen atoms in total. The Morgan fingerprint density at radius 2 is 2.17 bits per heavy atom. The monoisotopic (exact) mass is 277 g/mol. The number of pyridine rings is 1. The highest BCUT2D eigenvalue weighted by Gasteiger charge is 2.25. The molecule has 0 bridgehead atoms. The van der Waals surface area contributed by atoms with Crippen LogP contribution in [0.5, 0.6) is 0 Å². The van der Waals surface area contributed by atoms with Crippen LogP contribution in [0.1, 0.15) is 11.7 Å². The second kappa shape index (κ2) is 5.51. The van der Waals surface area contributed by atoms with Gasteiger partial charge in [0.2, 0.25) is 0 Å². The fourth-order valence-corrected chi connectivity index (χ4v) is 5.02. The Labute approximate surface area is 115 Å². The molecule has 1 aliphatic rings. The van der Waals surface area contributed by atoms with Crippen LogP contribution < -0.4 is 0 Å². The van der Waals surface area contributed by atoms with E-state index in [-0.39, 0.29) is 0 Å². The van der Waals surface area contributed by atoms with Gasteiger partial charge in [-0.2, -0.15) is 23.5 Å². The Kier molecular flexibility index (Phi) is 3.77. The molecule has 2 aromatic rings. The maximum absolute atomic E-state index is 10.6. The van der Waals surface area contributed by atoms with E-state index in [9.17, 15) is 5.11 Å². The number of aliphatic hydroxyl groups excluding tert-OH is 1. The van der Waals surface area contributed by atoms with Gasteiger partial charge >= 0.3 is 0 Å². The molecule has 0 amide bonds. The third-order valence-corrected chi connectivity index (χ3v) is 6.04. The molecule has 1 aromatic carbocycles. The number of rotatable bonds is 2. The number of fused-ring (bicyclic) bond motifs is 1. The van der Waals surface area contributed by atoms with Crippen LogP contribution in [0.2, 0.25) is 0 Å². The first-order valence-electron chi connectivity index (χ1n) is 6.07. The highest BCUT2D eigenvalue weighted by Crippen LogP contribution is 2.35. The van der Waals surface area contributed by atoms with E-state index < -0.39 is 6.10 Å². The molecule has 18 heavy (non-hydrogen) atoms. The Balaban J connectivity index is 1.97. The van der Waals surface area contributed by atoms with Crippen LogP contribution in [-0.2, 0) is 0 Å². The lowest BCUT2D eigenvalue weighted by Crippen LogP contribution is -2.22. The normalized spacial score (nSPS) is 21.9. The van der Waals surface area contributed by atoms with Gasteiger partial charge in [-0.1, -0.05) is 18.2 Å². The summed E-state index contributed by atoms with van der Waals surface area (Å²) in [5.41, 5.74) is 1.98. The van der Waals surface area contributed by atoms with Gasteiger partial charge in [0.15, 0.2) is 0 Å². The summed E-state index contributed by atoms with van der Waals surface area (Å²) in [6, 6.07) is 9.97. The fraction of sp³-hybridized carbons (Fsp3) is 0.357. The summed E-state index contributed by atoms with van der Waals surface area (Å²) in [6.45, 7) is 0. The summed E-state index contributed by atoms with van der Waals surface area (Å²) in [4.78, 5) is 4.35. The minimum Gasteiger partial charge on any atom is -0.387 e. The van der Waals surface area contributed by atoms with Crippen molar-refractivity contribution >= 4 is 34.4 Å². The molecule has 94 valence electrons. The van der Waals surface area contributed by atoms with E-state index >= 15 is 0 Å². The molecule has 1 N–H and O–H groups in total. The summed E-state index contributed by atoms with van der Waals surface area (Å²) in [5.74, 6) is 3.36. The third-order valence-electron chi connectivity index (χ3n) is 3.19. The zero-order valence-corrected chi connectivity index (χ0v) is 11.6. The minimum absolute atomic E-state index is 0.301. The van der Waals surface area contributed by atoms with Crippen LogP contribution >= 0.6 is 23.5 Å². The van der Waals surface area contributed by atoms with Crippen LogP contribution in [-0.4, -0.2) is 32.6 Å². The predicted molar refractivity (Wildman–Crippen MR) is 80.3 cm³/mol. The lowest BCUT2D eigenvalue weighted by atomic mass is 10.0. The summed E-state index contributed by atoms with van der Waals surface area (Å²) < 4.78 is 0. The van der Waals surface area contributed by atoms with Crippen molar-refractivity contribution in [2.75, 3.05) is 17.3 Å². The molecule has 4 heteroatoms. The van der Waals surface area contributed by atoms with E-state index in [0.29, 0.717) is 5.25 Å². The van der Waals surface area contributed by atoms with Gasteiger partial charge in [0, 0.05) is 34.1 Å². The number of aliphatic hydroxyl groups is 1. The van der Waals surface area contributed by atoms with Gasteiger partial charge in [0.1, 0.15) is 0 Å². The van der Waals surface area contributed by atoms with Crippen molar-refractivity contribution in [1.82, 2.24) is 4.98 Å². The summed E-state index contributed by atoms with van der Waals surface area (Å²) >= 11 is 3.82. The van der Waals surface area contributed by atoms with Crippen molar-refractivity contribution in [2.24, 2.45) is 0 Å². The van der Waals surface area contributed by atoms with Crippen LogP contribution in [0.3, 0.4) is 0 Å². The first kappa shape index (κ1) is 12.3. The first-order chi connectivity index (χ1) is 8.86. The van der Waals surface area contributed by atoms with Crippen LogP contribution in [0, 0.1) is 0 Å². The van der Waals surface area contributed by atoms with Gasteiger partial charge in [-0.15, -0.1) is 0 Å². The van der Waals surface area contributed by atoms with Gasteiger partial charge in [-0.3, -0.25) is 4.98 Å². The van der Waals surface area contributed by atoms with E-state index in [2.05, 4.69) is 4.98 Å². The Hall–Kier alpha value is -0.710. The summed E-state index contributed by atoms with van der Waals surface area (Å²) in [5, 5.41) is 12.0. The van der Waals surface area contributed by atoms with Crippen LogP contribution in [0.4, 0.5) is 0 Å². The van der Waals surface area contributed by atoms with E-state index in [0.717, 1.165) is 28.0 Å². The third kappa shape index (κ3) is 2.37. The maximum Gasteiger partial charge on any atom is 0.0923 e. The number of nitrogens with zero attached hydrogens (tertiary/aromatic N) is 1. The molecule has 0 radical (unpaired) electrons. The number of aromatic nitrogens is 1. The van der Waals surface area contributed by atoms with Crippen molar-refractivity contribution in [1.29, 1.82) is 0 Å². The second-order valence-corrected chi connectivity index (χ2v) is 6.84. The van der Waals surface area contributed by atoms with Gasteiger partial charge < -0.3 is 5.11 Å². The lowest BCUT2D eigenvalue weighted by Gasteiger charge is -2.26. The van der Waals surface area contributed by atoms with E-state index in [1.165, 1.54) is 5.75 Å². The van der Waals surface area contributed by atoms with Crippen molar-refractivity contribution in [3.63, 3.8) is 0 Å². The standard InChI is InChI=1S/C14H15NOS2/c16-14(13-9-17-7-8-18-13)11-3-1-5-12-10(11)4-2-6-15-12/h1-6,13-14,16H,7-9H2. The Bertz CT molecular complexity index is 535. The van der Waals surface area contributed by atoms with Crippen molar-refractivity contribution < 1.29 is 5.11 Å². The largest absolute Gasteiger partial charge is 0.387 e. The highest BCUT2D eigenvalue weighted by atomic mass is 32.2. The molecule has 1 aliphatic heterocycles. The molecule has 0 saturated carbocycles. The van der Waals surface area contributed by atoms with Crippen molar-refractivity contribution in [3.05, 3.63) is 42.1 Å². The molecule has 2 atom stereocenters. The lowest BCUT2D eigenvalue weighted by molar-refractivity contribution is 0.182. The summed E-state index contributed by atoms with van der Waals surface area (Å²) in [7, 11) is 0. The molecule has 1 aromatic heterocycles. The average Bonchev–Trinajstić information content (AvgIpc) is 2.47. The number of thioether (sulfide) groups is 2. The molecule has 2 unspecified atom stereocenters. The molecule has 0 spiro atoms. The van der Waals surface area contributed by atoms with E-state index in [4.69, 9.17) is 0 Å². The second-order valence-electron chi connectivity index (χ2n) is 4.35. The molecule has 1 fully saturated rings. The minimum atomic E-state index is -0.393. The Morgan fingerprint density at radius 1 is 1.22 bits per heavy atom. The SMILES string of the molecule is OC(c1cccc2ncccc12)C1CSCCS1. The predicted octanol–water partition coefficient (Wildman–Crippen LogP) is 3.12. The van der Waals surface area contributed by atoms with Crippen LogP contribution in [0.25, 0.3) is 10.9 Å². The molecular weight excluding hydrogens is 262 g/mol. The molecular formula is C14H15NOS2. The van der Waals surface area contributed by atoms with Gasteiger partial charge in [-0.05, 0) is 17.7 Å². The van der Waals surface area contributed by atoms with E-state index in [1.54, 1.807) is 6.20 Å². The average molecular weight is 277 g/mol. The molecule has 0 aliphatic carbocycles. The first-order valence-corrected chi connectivity index (χ1v) is 8.27. The van der Waals surface area contributed by atoms with Crippen LogP contribution in [0.15, 0.2) is 36.5 Å². The van der Waals surface area contributed by atoms with E-state index in [1.807, 2.05) is 53.9 Å². The Morgan fingerprint density at radius 3 is 3.00 bits per heavy atom. The van der Waals surface area contributed by atoms with Crippen molar-refractivity contribution in [2.45, 2.75) is 11.4 Å². The molecule has 3 rings (SSSR count). The molecule has 1 saturated heterocycles. The van der Waals surface area contributed by atoms with Gasteiger partial charge in [0.05, 0.1) is 11.6 Å². The highest BCUT2D eigenvalue weighted by molar-refractivity contribution is 8.06. The van der Waals surface area contributed by atoms with Gasteiger partial charge in [0.25, 0.3) is 0 Å². The number of hydrogen-bond donors (Lipinski definition) is 1. The van der Waals surface area contributed by atoms with Gasteiger partial charge in [-0.25, -0.2) is 0 Å². The topological polar surface area (TPSA) is 33.1 Å². The molecule has 2 heterocycles. The zero-order valence-electron chi connectivity index (χ0n) is 9.95. The summed E-state index contributed by atoms with van der Waals surface area (Å²) in [6.07, 6.45) is 1.40.